The van der Waals surface area contributed by atoms with Crippen LogP contribution in [-0.2, 0) is 9.53 Å². The third-order valence-electron chi connectivity index (χ3n) is 3.16. The average Bonchev–Trinajstić information content (AvgIpc) is 2.90. The van der Waals surface area contributed by atoms with E-state index < -0.39 is 19.4 Å². The van der Waals surface area contributed by atoms with E-state index in [1.807, 2.05) is 6.92 Å². The van der Waals surface area contributed by atoms with Gasteiger partial charge in [0.2, 0.25) is 5.91 Å². The molecule has 2 rings (SSSR count). The molecule has 1 aromatic heterocycles. The molecule has 0 radical (unpaired) electrons. The maximum absolute atomic E-state index is 12.5. The molecule has 124 valence electrons. The standard InChI is InChI=1S/C15H16ClF2N3O2/c1-10-7-19-20(8-10)14(9-23-15(17)18)21(11(2)22)13-6-4-3-5-12(13)16/h3-8,14-15H,9H2,1-2H3. The molecule has 0 bridgehead atoms. The molecule has 0 aliphatic rings. The third-order valence-corrected chi connectivity index (χ3v) is 3.48. The fraction of sp³-hybridized carbons (Fsp3) is 0.333. The predicted molar refractivity (Wildman–Crippen MR) is 82.6 cm³/mol. The van der Waals surface area contributed by atoms with Crippen LogP contribution in [0, 0.1) is 6.92 Å². The van der Waals surface area contributed by atoms with Crippen LogP contribution in [0.15, 0.2) is 36.7 Å². The molecule has 2 aromatic rings. The average molecular weight is 344 g/mol. The number of amides is 1. The first-order chi connectivity index (χ1) is 10.9. The van der Waals surface area contributed by atoms with Crippen LogP contribution >= 0.6 is 11.6 Å². The second-order valence-corrected chi connectivity index (χ2v) is 5.32. The Bertz CT molecular complexity index is 678. The molecule has 0 aliphatic carbocycles. The summed E-state index contributed by atoms with van der Waals surface area (Å²) in [5.41, 5.74) is 1.23. The zero-order valence-corrected chi connectivity index (χ0v) is 13.4. The number of hydrogen-bond donors (Lipinski definition) is 0. The zero-order valence-electron chi connectivity index (χ0n) is 12.6. The maximum atomic E-state index is 12.5. The van der Waals surface area contributed by atoms with Crippen molar-refractivity contribution in [2.75, 3.05) is 11.5 Å². The molecule has 0 saturated heterocycles. The molecule has 1 heterocycles. The summed E-state index contributed by atoms with van der Waals surface area (Å²) in [6, 6.07) is 6.67. The summed E-state index contributed by atoms with van der Waals surface area (Å²) in [6.07, 6.45) is 2.34. The number of carbonyl (C=O) groups is 1. The molecular formula is C15H16ClF2N3O2. The lowest BCUT2D eigenvalue weighted by molar-refractivity contribution is -0.140. The summed E-state index contributed by atoms with van der Waals surface area (Å²) < 4.78 is 30.8. The van der Waals surface area contributed by atoms with E-state index >= 15 is 0 Å². The zero-order chi connectivity index (χ0) is 17.0. The van der Waals surface area contributed by atoms with Crippen LogP contribution in [0.4, 0.5) is 14.5 Å². The number of carbonyl (C=O) groups excluding carboxylic acids is 1. The van der Waals surface area contributed by atoms with Gasteiger partial charge in [0.1, 0.15) is 0 Å². The maximum Gasteiger partial charge on any atom is 0.345 e. The topological polar surface area (TPSA) is 47.4 Å². The lowest BCUT2D eigenvalue weighted by Crippen LogP contribution is -2.40. The molecule has 8 heteroatoms. The van der Waals surface area contributed by atoms with Crippen molar-refractivity contribution in [2.45, 2.75) is 26.6 Å². The number of halogens is 3. The van der Waals surface area contributed by atoms with Gasteiger partial charge in [-0.2, -0.15) is 13.9 Å². The van der Waals surface area contributed by atoms with Crippen molar-refractivity contribution in [3.8, 4) is 0 Å². The molecule has 5 nitrogen and oxygen atoms in total. The second-order valence-electron chi connectivity index (χ2n) is 4.91. The SMILES string of the molecule is CC(=O)N(c1ccccc1Cl)C(COC(F)F)n1cc(C)cn1. The van der Waals surface area contributed by atoms with Crippen molar-refractivity contribution >= 4 is 23.2 Å². The van der Waals surface area contributed by atoms with Crippen molar-refractivity contribution in [1.29, 1.82) is 0 Å². The second kappa shape index (κ2) is 7.52. The number of aryl methyl sites for hydroxylation is 1. The number of benzene rings is 1. The van der Waals surface area contributed by atoms with Gasteiger partial charge in [-0.05, 0) is 24.6 Å². The Kier molecular flexibility index (Phi) is 5.68. The highest BCUT2D eigenvalue weighted by atomic mass is 35.5. The van der Waals surface area contributed by atoms with Gasteiger partial charge < -0.3 is 4.74 Å². The Balaban J connectivity index is 2.44. The van der Waals surface area contributed by atoms with Gasteiger partial charge in [-0.15, -0.1) is 0 Å². The lowest BCUT2D eigenvalue weighted by Gasteiger charge is -2.31. The normalized spacial score (nSPS) is 12.4. The Hall–Kier alpha value is -1.99. The van der Waals surface area contributed by atoms with Crippen molar-refractivity contribution in [1.82, 2.24) is 9.78 Å². The first-order valence-electron chi connectivity index (χ1n) is 6.85. The van der Waals surface area contributed by atoms with E-state index in [9.17, 15) is 13.6 Å². The molecule has 23 heavy (non-hydrogen) atoms. The molecule has 0 fully saturated rings. The number of alkyl halides is 2. The first kappa shape index (κ1) is 17.4. The minimum Gasteiger partial charge on any atom is -0.319 e. The van der Waals surface area contributed by atoms with Gasteiger partial charge in [-0.25, -0.2) is 4.68 Å². The Labute approximate surface area is 137 Å². The van der Waals surface area contributed by atoms with Gasteiger partial charge in [-0.1, -0.05) is 23.7 Å². The lowest BCUT2D eigenvalue weighted by atomic mass is 10.2. The summed E-state index contributed by atoms with van der Waals surface area (Å²) in [5.74, 6) is -0.367. The fourth-order valence-corrected chi connectivity index (χ4v) is 2.44. The van der Waals surface area contributed by atoms with Crippen LogP contribution in [0.2, 0.25) is 5.02 Å². The number of para-hydroxylation sites is 1. The molecule has 0 spiro atoms. The Morgan fingerprint density at radius 1 is 1.43 bits per heavy atom. The number of nitrogens with zero attached hydrogens (tertiary/aromatic N) is 3. The number of anilines is 1. The van der Waals surface area contributed by atoms with Gasteiger partial charge in [-0.3, -0.25) is 9.69 Å². The van der Waals surface area contributed by atoms with E-state index in [0.717, 1.165) is 5.56 Å². The van der Waals surface area contributed by atoms with Crippen LogP contribution in [0.25, 0.3) is 0 Å². The molecule has 1 aromatic carbocycles. The fourth-order valence-electron chi connectivity index (χ4n) is 2.21. The van der Waals surface area contributed by atoms with Crippen molar-refractivity contribution in [3.63, 3.8) is 0 Å². The summed E-state index contributed by atoms with van der Waals surface area (Å²) in [7, 11) is 0. The van der Waals surface area contributed by atoms with E-state index in [1.54, 1.807) is 36.7 Å². The largest absolute Gasteiger partial charge is 0.345 e. The molecule has 0 saturated carbocycles. The highest BCUT2D eigenvalue weighted by Gasteiger charge is 2.28. The molecule has 0 aliphatic heterocycles. The van der Waals surface area contributed by atoms with Gasteiger partial charge in [0, 0.05) is 13.1 Å². The van der Waals surface area contributed by atoms with Crippen LogP contribution in [0.5, 0.6) is 0 Å². The first-order valence-corrected chi connectivity index (χ1v) is 7.22. The van der Waals surface area contributed by atoms with Gasteiger partial charge in [0.15, 0.2) is 6.17 Å². The quantitative estimate of drug-likeness (QED) is 0.804. The Morgan fingerprint density at radius 2 is 2.13 bits per heavy atom. The van der Waals surface area contributed by atoms with E-state index in [1.165, 1.54) is 16.5 Å². The summed E-state index contributed by atoms with van der Waals surface area (Å²) in [6.45, 7) is -0.241. The van der Waals surface area contributed by atoms with Gasteiger partial charge in [0.25, 0.3) is 0 Å². The van der Waals surface area contributed by atoms with E-state index in [0.29, 0.717) is 10.7 Å². The van der Waals surface area contributed by atoms with E-state index in [2.05, 4.69) is 9.84 Å². The minimum atomic E-state index is -2.95. The van der Waals surface area contributed by atoms with Crippen LogP contribution in [-0.4, -0.2) is 28.9 Å². The number of ether oxygens (including phenoxy) is 1. The molecule has 1 unspecified atom stereocenters. The highest BCUT2D eigenvalue weighted by Crippen LogP contribution is 2.30. The number of aromatic nitrogens is 2. The van der Waals surface area contributed by atoms with Crippen molar-refractivity contribution in [3.05, 3.63) is 47.2 Å². The monoisotopic (exact) mass is 343 g/mol. The summed E-state index contributed by atoms with van der Waals surface area (Å²) >= 11 is 6.15. The highest BCUT2D eigenvalue weighted by molar-refractivity contribution is 6.33. The van der Waals surface area contributed by atoms with E-state index in [4.69, 9.17) is 11.6 Å². The molecule has 1 amide bonds. The van der Waals surface area contributed by atoms with Crippen molar-refractivity contribution < 1.29 is 18.3 Å². The van der Waals surface area contributed by atoms with Crippen LogP contribution in [0.1, 0.15) is 18.7 Å². The smallest absolute Gasteiger partial charge is 0.319 e. The molecule has 0 N–H and O–H groups in total. The summed E-state index contributed by atoms with van der Waals surface area (Å²) in [4.78, 5) is 13.4. The van der Waals surface area contributed by atoms with Crippen LogP contribution in [0.3, 0.4) is 0 Å². The predicted octanol–water partition coefficient (Wildman–Crippen LogP) is 3.64. The summed E-state index contributed by atoms with van der Waals surface area (Å²) in [5, 5.41) is 4.43. The van der Waals surface area contributed by atoms with Crippen LogP contribution < -0.4 is 4.90 Å². The van der Waals surface area contributed by atoms with E-state index in [-0.39, 0.29) is 5.91 Å². The van der Waals surface area contributed by atoms with Crippen molar-refractivity contribution in [2.24, 2.45) is 0 Å². The number of rotatable bonds is 6. The van der Waals surface area contributed by atoms with Gasteiger partial charge in [0.05, 0.1) is 23.5 Å². The molecular weight excluding hydrogens is 328 g/mol. The Morgan fingerprint density at radius 3 is 2.65 bits per heavy atom. The third kappa shape index (κ3) is 4.27. The number of hydrogen-bond acceptors (Lipinski definition) is 3. The minimum absolute atomic E-state index is 0.327. The molecule has 1 atom stereocenters. The van der Waals surface area contributed by atoms with Gasteiger partial charge >= 0.3 is 6.61 Å².